The Balaban J connectivity index is 1.18. The minimum absolute atomic E-state index is 0.0282. The Morgan fingerprint density at radius 1 is 1.29 bits per heavy atom. The van der Waals surface area contributed by atoms with Crippen molar-refractivity contribution < 1.29 is 4.74 Å². The van der Waals surface area contributed by atoms with Gasteiger partial charge in [0.15, 0.2) is 11.5 Å². The summed E-state index contributed by atoms with van der Waals surface area (Å²) in [5.41, 5.74) is 8.53. The first-order valence-corrected chi connectivity index (χ1v) is 11.3. The fourth-order valence-electron chi connectivity index (χ4n) is 3.33. The molecule has 3 heterocycles. The molecule has 0 unspecified atom stereocenters. The Morgan fingerprint density at radius 3 is 3.11 bits per heavy atom. The number of nitrogens with two attached hydrogens (primary N) is 1. The minimum atomic E-state index is -0.0282. The normalized spacial score (nSPS) is 19.5. The van der Waals surface area contributed by atoms with E-state index in [4.69, 9.17) is 10.5 Å². The molecule has 1 aliphatic rings. The molecule has 0 spiro atoms. The van der Waals surface area contributed by atoms with E-state index in [0.29, 0.717) is 11.3 Å². The highest BCUT2D eigenvalue weighted by molar-refractivity contribution is 9.10. The summed E-state index contributed by atoms with van der Waals surface area (Å²) < 4.78 is 9.31. The topological polar surface area (TPSA) is 90.9 Å². The van der Waals surface area contributed by atoms with Crippen molar-refractivity contribution in [2.24, 2.45) is 0 Å². The summed E-state index contributed by atoms with van der Waals surface area (Å²) in [6.45, 7) is 1.87. The van der Waals surface area contributed by atoms with Crippen LogP contribution in [0.1, 0.15) is 24.6 Å². The van der Waals surface area contributed by atoms with Crippen molar-refractivity contribution in [1.82, 2.24) is 24.8 Å². The van der Waals surface area contributed by atoms with Crippen molar-refractivity contribution in [2.75, 3.05) is 23.8 Å². The third kappa shape index (κ3) is 4.65. The standard InChI is InChI=1S/C19H23BrN6OS/c20-14-3-1-2-13(8-14)9-22-6-7-28-10-15-4-5-16(27-15)26-12-25-17-18(21)23-11-24-19(17)26/h1-3,8,11-12,15-16,22H,4-7,9-10H2,(H2,21,23,24)/t15-,16+/m0/s1. The van der Waals surface area contributed by atoms with Crippen LogP contribution < -0.4 is 11.1 Å². The van der Waals surface area contributed by atoms with Crippen molar-refractivity contribution in [2.45, 2.75) is 31.7 Å². The molecular formula is C19H23BrN6OS. The quantitative estimate of drug-likeness (QED) is 0.495. The second kappa shape index (κ2) is 9.21. The Bertz CT molecular complexity index is 936. The van der Waals surface area contributed by atoms with E-state index in [9.17, 15) is 0 Å². The van der Waals surface area contributed by atoms with Gasteiger partial charge in [0.25, 0.3) is 0 Å². The number of benzene rings is 1. The first-order chi connectivity index (χ1) is 13.7. The molecule has 9 heteroatoms. The largest absolute Gasteiger partial charge is 0.382 e. The molecule has 0 aliphatic carbocycles. The van der Waals surface area contributed by atoms with Crippen molar-refractivity contribution in [3.63, 3.8) is 0 Å². The monoisotopic (exact) mass is 462 g/mol. The van der Waals surface area contributed by atoms with E-state index in [0.717, 1.165) is 47.6 Å². The summed E-state index contributed by atoms with van der Waals surface area (Å²) in [5, 5.41) is 3.49. The lowest BCUT2D eigenvalue weighted by Crippen LogP contribution is -2.18. The number of hydrogen-bond donors (Lipinski definition) is 2. The van der Waals surface area contributed by atoms with Crippen molar-refractivity contribution in [3.05, 3.63) is 47.0 Å². The molecule has 0 amide bonds. The molecule has 3 N–H and O–H groups in total. The van der Waals surface area contributed by atoms with Gasteiger partial charge in [-0.15, -0.1) is 0 Å². The molecule has 1 aliphatic heterocycles. The Hall–Kier alpha value is -1.68. The van der Waals surface area contributed by atoms with Crippen LogP contribution in [0.25, 0.3) is 11.2 Å². The number of nitrogens with one attached hydrogen (secondary N) is 1. The Labute approximate surface area is 176 Å². The van der Waals surface area contributed by atoms with Crippen LogP contribution in [-0.2, 0) is 11.3 Å². The van der Waals surface area contributed by atoms with Crippen molar-refractivity contribution >= 4 is 44.7 Å². The molecule has 1 aromatic carbocycles. The van der Waals surface area contributed by atoms with Crippen LogP contribution in [0.4, 0.5) is 5.82 Å². The number of ether oxygens (including phenoxy) is 1. The van der Waals surface area contributed by atoms with Crippen LogP contribution in [0.5, 0.6) is 0 Å². The summed E-state index contributed by atoms with van der Waals surface area (Å²) in [5.74, 6) is 2.47. The van der Waals surface area contributed by atoms with E-state index in [1.54, 1.807) is 6.33 Å². The van der Waals surface area contributed by atoms with Gasteiger partial charge in [0.2, 0.25) is 0 Å². The minimum Gasteiger partial charge on any atom is -0.382 e. The lowest BCUT2D eigenvalue weighted by Gasteiger charge is -2.15. The first-order valence-electron chi connectivity index (χ1n) is 9.32. The van der Waals surface area contributed by atoms with Gasteiger partial charge in [0.1, 0.15) is 18.1 Å². The van der Waals surface area contributed by atoms with Crippen LogP contribution in [0.15, 0.2) is 41.4 Å². The Morgan fingerprint density at radius 2 is 2.21 bits per heavy atom. The zero-order valence-corrected chi connectivity index (χ0v) is 17.8. The summed E-state index contributed by atoms with van der Waals surface area (Å²) >= 11 is 5.43. The molecule has 1 saturated heterocycles. The van der Waals surface area contributed by atoms with Crippen LogP contribution >= 0.6 is 27.7 Å². The lowest BCUT2D eigenvalue weighted by molar-refractivity contribution is 0.0153. The summed E-state index contributed by atoms with van der Waals surface area (Å²) in [6.07, 6.45) is 5.46. The number of nitrogens with zero attached hydrogens (tertiary/aromatic N) is 4. The molecule has 2 atom stereocenters. The van der Waals surface area contributed by atoms with Gasteiger partial charge in [0, 0.05) is 29.1 Å². The van der Waals surface area contributed by atoms with Crippen LogP contribution in [0.2, 0.25) is 0 Å². The molecule has 4 rings (SSSR count). The zero-order valence-electron chi connectivity index (χ0n) is 15.4. The maximum atomic E-state index is 6.22. The summed E-state index contributed by atoms with van der Waals surface area (Å²) in [6, 6.07) is 8.39. The van der Waals surface area contributed by atoms with Gasteiger partial charge < -0.3 is 15.8 Å². The van der Waals surface area contributed by atoms with Crippen LogP contribution in [0.3, 0.4) is 0 Å². The highest BCUT2D eigenvalue weighted by Crippen LogP contribution is 2.32. The van der Waals surface area contributed by atoms with Gasteiger partial charge in [-0.25, -0.2) is 15.0 Å². The van der Waals surface area contributed by atoms with Gasteiger partial charge in [-0.1, -0.05) is 28.1 Å². The van der Waals surface area contributed by atoms with E-state index >= 15 is 0 Å². The molecular weight excluding hydrogens is 440 g/mol. The van der Waals surface area contributed by atoms with E-state index in [1.165, 1.54) is 11.9 Å². The highest BCUT2D eigenvalue weighted by Gasteiger charge is 2.28. The summed E-state index contributed by atoms with van der Waals surface area (Å²) in [7, 11) is 0. The molecule has 0 radical (unpaired) electrons. The van der Waals surface area contributed by atoms with Gasteiger partial charge in [-0.05, 0) is 30.5 Å². The number of rotatable bonds is 8. The fourth-order valence-corrected chi connectivity index (χ4v) is 4.74. The maximum Gasteiger partial charge on any atom is 0.167 e. The molecule has 148 valence electrons. The number of aromatic nitrogens is 4. The van der Waals surface area contributed by atoms with Crippen molar-refractivity contribution in [1.29, 1.82) is 0 Å². The molecule has 0 saturated carbocycles. The molecule has 3 aromatic rings. The number of hydrogen-bond acceptors (Lipinski definition) is 7. The molecule has 1 fully saturated rings. The molecule has 7 nitrogen and oxygen atoms in total. The predicted molar refractivity (Wildman–Crippen MR) is 116 cm³/mol. The fraction of sp³-hybridized carbons (Fsp3) is 0.421. The van der Waals surface area contributed by atoms with E-state index in [1.807, 2.05) is 22.4 Å². The zero-order chi connectivity index (χ0) is 19.3. The van der Waals surface area contributed by atoms with Crippen LogP contribution in [0, 0.1) is 0 Å². The maximum absolute atomic E-state index is 6.22. The third-order valence-electron chi connectivity index (χ3n) is 4.73. The van der Waals surface area contributed by atoms with Crippen molar-refractivity contribution in [3.8, 4) is 0 Å². The van der Waals surface area contributed by atoms with Gasteiger partial charge in [-0.2, -0.15) is 11.8 Å². The second-order valence-electron chi connectivity index (χ2n) is 6.75. The smallest absolute Gasteiger partial charge is 0.167 e. The van der Waals surface area contributed by atoms with Gasteiger partial charge in [-0.3, -0.25) is 4.57 Å². The van der Waals surface area contributed by atoms with E-state index in [-0.39, 0.29) is 12.3 Å². The molecule has 28 heavy (non-hydrogen) atoms. The molecule has 2 aromatic heterocycles. The molecule has 0 bridgehead atoms. The number of imidazole rings is 1. The number of nitrogen functional groups attached to an aromatic ring is 1. The van der Waals surface area contributed by atoms with E-state index < -0.39 is 0 Å². The lowest BCUT2D eigenvalue weighted by atomic mass is 10.2. The second-order valence-corrected chi connectivity index (χ2v) is 8.82. The van der Waals surface area contributed by atoms with Gasteiger partial charge in [0.05, 0.1) is 12.4 Å². The summed E-state index contributed by atoms with van der Waals surface area (Å²) in [4.78, 5) is 12.6. The van der Waals surface area contributed by atoms with E-state index in [2.05, 4.69) is 54.4 Å². The SMILES string of the molecule is Nc1ncnc2c1ncn2[C@H]1CC[C@@H](CSCCNCc2cccc(Br)c2)O1. The first kappa shape index (κ1) is 19.6. The van der Waals surface area contributed by atoms with Crippen LogP contribution in [-0.4, -0.2) is 43.7 Å². The Kier molecular flexibility index (Phi) is 6.46. The predicted octanol–water partition coefficient (Wildman–Crippen LogP) is 3.37. The third-order valence-corrected chi connectivity index (χ3v) is 6.32. The number of anilines is 1. The average molecular weight is 463 g/mol. The number of thioether (sulfide) groups is 1. The van der Waals surface area contributed by atoms with Gasteiger partial charge >= 0.3 is 0 Å². The highest BCUT2D eigenvalue weighted by atomic mass is 79.9. The number of fused-ring (bicyclic) bond motifs is 1. The average Bonchev–Trinajstić information content (AvgIpc) is 3.32. The number of halogens is 1.